The van der Waals surface area contributed by atoms with Crippen molar-refractivity contribution in [3.05, 3.63) is 66.0 Å². The summed E-state index contributed by atoms with van der Waals surface area (Å²) in [7, 11) is 0. The number of carbonyl (C=O) groups is 2. The van der Waals surface area contributed by atoms with Gasteiger partial charge in [0.2, 0.25) is 0 Å². The number of anilines is 1. The van der Waals surface area contributed by atoms with Gasteiger partial charge in [-0.1, -0.05) is 30.3 Å². The first-order valence-corrected chi connectivity index (χ1v) is 9.34. The highest BCUT2D eigenvalue weighted by molar-refractivity contribution is 6.50. The highest BCUT2D eigenvalue weighted by Gasteiger charge is 2.35. The average molecular weight is 385 g/mol. The summed E-state index contributed by atoms with van der Waals surface area (Å²) < 4.78 is 1.94. The molecule has 2 aromatic carbocycles. The molecular formula is C22H19N5O2. The molecule has 6 N–H and O–H groups in total. The minimum atomic E-state index is -0.412. The lowest BCUT2D eigenvalue weighted by Crippen LogP contribution is -2.22. The maximum Gasteiger partial charge on any atom is 0.259 e. The van der Waals surface area contributed by atoms with Crippen molar-refractivity contribution in [1.29, 1.82) is 0 Å². The summed E-state index contributed by atoms with van der Waals surface area (Å²) in [5, 5.41) is 4.16. The summed E-state index contributed by atoms with van der Waals surface area (Å²) in [6.07, 6.45) is 3.63. The van der Waals surface area contributed by atoms with Gasteiger partial charge >= 0.3 is 0 Å². The van der Waals surface area contributed by atoms with Crippen LogP contribution in [0.2, 0.25) is 0 Å². The summed E-state index contributed by atoms with van der Waals surface area (Å²) in [5.74, 6) is -0.817. The van der Waals surface area contributed by atoms with E-state index in [4.69, 9.17) is 11.5 Å². The second-order valence-electron chi connectivity index (χ2n) is 7.05. The van der Waals surface area contributed by atoms with Gasteiger partial charge in [-0.15, -0.1) is 0 Å². The van der Waals surface area contributed by atoms with Gasteiger partial charge < -0.3 is 21.0 Å². The molecule has 0 bridgehead atoms. The quantitative estimate of drug-likeness (QED) is 0.318. The zero-order chi connectivity index (χ0) is 20.1. The first-order valence-electron chi connectivity index (χ1n) is 9.34. The van der Waals surface area contributed by atoms with Crippen molar-refractivity contribution in [2.24, 2.45) is 5.73 Å². The number of H-pyrrole nitrogens is 1. The zero-order valence-corrected chi connectivity index (χ0v) is 15.5. The fourth-order valence-electron chi connectivity index (χ4n) is 4.15. The molecule has 0 spiro atoms. The fourth-order valence-corrected chi connectivity index (χ4v) is 4.15. The molecule has 0 saturated carbocycles. The van der Waals surface area contributed by atoms with Crippen LogP contribution in [-0.4, -0.2) is 27.9 Å². The van der Waals surface area contributed by atoms with Crippen molar-refractivity contribution in [1.82, 2.24) is 14.9 Å². The Bertz CT molecular complexity index is 1340. The minimum Gasteiger partial charge on any atom is -0.397 e. The van der Waals surface area contributed by atoms with Crippen molar-refractivity contribution < 1.29 is 9.59 Å². The van der Waals surface area contributed by atoms with E-state index in [-0.39, 0.29) is 0 Å². The van der Waals surface area contributed by atoms with Crippen LogP contribution < -0.4 is 16.8 Å². The number of rotatable bonds is 4. The molecule has 1 aliphatic rings. The second-order valence-corrected chi connectivity index (χ2v) is 7.05. The Morgan fingerprint density at radius 2 is 1.62 bits per heavy atom. The normalized spacial score (nSPS) is 14.4. The van der Waals surface area contributed by atoms with E-state index in [2.05, 4.69) is 10.3 Å². The number of benzene rings is 2. The number of para-hydroxylation sites is 2. The Kier molecular flexibility index (Phi) is 3.78. The van der Waals surface area contributed by atoms with Crippen molar-refractivity contribution in [2.75, 3.05) is 12.3 Å². The summed E-state index contributed by atoms with van der Waals surface area (Å²) in [6.45, 7) is 0.979. The lowest BCUT2D eigenvalue weighted by molar-refractivity contribution is -0.122. The molecule has 29 heavy (non-hydrogen) atoms. The third-order valence-electron chi connectivity index (χ3n) is 5.36. The van der Waals surface area contributed by atoms with Gasteiger partial charge in [0, 0.05) is 52.9 Å². The summed E-state index contributed by atoms with van der Waals surface area (Å²) in [4.78, 5) is 28.8. The summed E-state index contributed by atoms with van der Waals surface area (Å²) in [5.41, 5.74) is 16.4. The Balaban J connectivity index is 1.85. The van der Waals surface area contributed by atoms with E-state index in [9.17, 15) is 9.59 Å². The number of nitrogens with zero attached hydrogens (tertiary/aromatic N) is 1. The van der Waals surface area contributed by atoms with E-state index >= 15 is 0 Å². The average Bonchev–Trinajstić information content (AvgIpc) is 3.36. The van der Waals surface area contributed by atoms with Gasteiger partial charge in [-0.2, -0.15) is 0 Å². The number of aromatic amines is 1. The van der Waals surface area contributed by atoms with E-state index in [1.54, 1.807) is 6.20 Å². The van der Waals surface area contributed by atoms with Crippen molar-refractivity contribution >= 4 is 50.5 Å². The molecule has 1 aliphatic heterocycles. The van der Waals surface area contributed by atoms with Crippen LogP contribution in [0.15, 0.2) is 54.9 Å². The van der Waals surface area contributed by atoms with E-state index in [1.807, 2.05) is 53.2 Å². The molecule has 7 nitrogen and oxygen atoms in total. The molecular weight excluding hydrogens is 366 g/mol. The number of nitrogen functional groups attached to an aromatic ring is 1. The Labute approximate surface area is 166 Å². The number of hydrogen-bond donors (Lipinski definition) is 4. The fraction of sp³-hybridized carbons (Fsp3) is 0.0909. The number of hydrogen-bond acceptors (Lipinski definition) is 4. The number of amides is 2. The third kappa shape index (κ3) is 2.48. The molecule has 2 aromatic heterocycles. The first-order chi connectivity index (χ1) is 14.1. The predicted molar refractivity (Wildman–Crippen MR) is 114 cm³/mol. The summed E-state index contributed by atoms with van der Waals surface area (Å²) >= 11 is 0. The maximum atomic E-state index is 12.9. The van der Waals surface area contributed by atoms with Crippen molar-refractivity contribution in [3.8, 4) is 0 Å². The third-order valence-corrected chi connectivity index (χ3v) is 5.36. The Morgan fingerprint density at radius 1 is 0.897 bits per heavy atom. The molecule has 0 unspecified atom stereocenters. The van der Waals surface area contributed by atoms with Crippen molar-refractivity contribution in [3.63, 3.8) is 0 Å². The van der Waals surface area contributed by atoms with Crippen LogP contribution in [0.25, 0.3) is 33.0 Å². The lowest BCUT2D eigenvalue weighted by atomic mass is 9.95. The predicted octanol–water partition coefficient (Wildman–Crippen LogP) is 2.23. The molecule has 4 aromatic rings. The van der Waals surface area contributed by atoms with E-state index < -0.39 is 11.8 Å². The number of carbonyl (C=O) groups excluding carboxylic acids is 2. The molecule has 7 heteroatoms. The SMILES string of the molecule is NCCn1cc(C2=C(c3c[nH]c4ccccc34)C(=O)NC2=O)c2cccc(N)c21. The molecule has 2 amide bonds. The lowest BCUT2D eigenvalue weighted by Gasteiger charge is -2.04. The van der Waals surface area contributed by atoms with Crippen molar-refractivity contribution in [2.45, 2.75) is 6.54 Å². The first kappa shape index (κ1) is 17.3. The van der Waals surface area contributed by atoms with Gasteiger partial charge in [-0.05, 0) is 12.1 Å². The van der Waals surface area contributed by atoms with E-state index in [1.165, 1.54) is 0 Å². The Hall–Kier alpha value is -3.84. The van der Waals surface area contributed by atoms with Crippen LogP contribution in [0, 0.1) is 0 Å². The van der Waals surface area contributed by atoms with Crippen LogP contribution in [0.1, 0.15) is 11.1 Å². The van der Waals surface area contributed by atoms with Gasteiger partial charge in [0.15, 0.2) is 0 Å². The second kappa shape index (κ2) is 6.35. The molecule has 0 aliphatic carbocycles. The maximum absolute atomic E-state index is 12.9. The van der Waals surface area contributed by atoms with Gasteiger partial charge in [-0.25, -0.2) is 0 Å². The van der Waals surface area contributed by atoms with Gasteiger partial charge in [0.05, 0.1) is 22.4 Å². The van der Waals surface area contributed by atoms with Crippen LogP contribution in [0.3, 0.4) is 0 Å². The zero-order valence-electron chi connectivity index (χ0n) is 15.5. The van der Waals surface area contributed by atoms with E-state index in [0.29, 0.717) is 41.1 Å². The van der Waals surface area contributed by atoms with Gasteiger partial charge in [0.25, 0.3) is 11.8 Å². The largest absolute Gasteiger partial charge is 0.397 e. The van der Waals surface area contributed by atoms with Gasteiger partial charge in [-0.3, -0.25) is 14.9 Å². The van der Waals surface area contributed by atoms with Crippen LogP contribution >= 0.6 is 0 Å². The number of nitrogens with two attached hydrogens (primary N) is 2. The standard InChI is InChI=1S/C22H19N5O2/c23-8-9-27-11-15(13-5-3-6-16(24)20(13)27)19-18(21(28)26-22(19)29)14-10-25-17-7-2-1-4-12(14)17/h1-7,10-11,25H,8-9,23-24H2,(H,26,28,29). The molecule has 5 rings (SSSR count). The van der Waals surface area contributed by atoms with E-state index in [0.717, 1.165) is 21.8 Å². The molecule has 0 radical (unpaired) electrons. The highest BCUT2D eigenvalue weighted by Crippen LogP contribution is 2.39. The van der Waals surface area contributed by atoms with Crippen LogP contribution in [0.5, 0.6) is 0 Å². The topological polar surface area (TPSA) is 119 Å². The molecule has 144 valence electrons. The number of fused-ring (bicyclic) bond motifs is 2. The molecule has 0 saturated heterocycles. The number of imide groups is 1. The molecule has 3 heterocycles. The highest BCUT2D eigenvalue weighted by atomic mass is 16.2. The number of aromatic nitrogens is 2. The van der Waals surface area contributed by atoms with Crippen LogP contribution in [0.4, 0.5) is 5.69 Å². The van der Waals surface area contributed by atoms with Gasteiger partial charge in [0.1, 0.15) is 0 Å². The minimum absolute atomic E-state index is 0.353. The smallest absolute Gasteiger partial charge is 0.259 e. The monoisotopic (exact) mass is 385 g/mol. The number of nitrogens with one attached hydrogen (secondary N) is 2. The summed E-state index contributed by atoms with van der Waals surface area (Å²) in [6, 6.07) is 13.2. The molecule has 0 fully saturated rings. The molecule has 0 atom stereocenters. The van der Waals surface area contributed by atoms with Crippen LogP contribution in [-0.2, 0) is 16.1 Å². The Morgan fingerprint density at radius 3 is 2.41 bits per heavy atom.